The number of halogens is 2. The first kappa shape index (κ1) is 14.1. The summed E-state index contributed by atoms with van der Waals surface area (Å²) in [4.78, 5) is 1.33. The number of rotatable bonds is 3. The molecule has 96 valence electrons. The minimum Gasteiger partial charge on any atom is -0.378 e. The van der Waals surface area contributed by atoms with E-state index >= 15 is 0 Å². The van der Waals surface area contributed by atoms with Crippen molar-refractivity contribution >= 4 is 48.9 Å². The van der Waals surface area contributed by atoms with Gasteiger partial charge in [-0.3, -0.25) is 0 Å². The van der Waals surface area contributed by atoms with Crippen molar-refractivity contribution in [2.45, 2.75) is 26.8 Å². The van der Waals surface area contributed by atoms with Gasteiger partial charge in [0.25, 0.3) is 0 Å². The Bertz CT molecular complexity index is 540. The first-order chi connectivity index (χ1) is 8.49. The molecule has 1 aromatic heterocycles. The molecule has 0 radical (unpaired) electrons. The van der Waals surface area contributed by atoms with Crippen molar-refractivity contribution in [2.75, 3.05) is 5.32 Å². The Morgan fingerprint density at radius 1 is 1.17 bits per heavy atom. The second-order valence-corrected chi connectivity index (χ2v) is 7.02. The van der Waals surface area contributed by atoms with Gasteiger partial charge in [-0.05, 0) is 71.4 Å². The van der Waals surface area contributed by atoms with Crippen LogP contribution in [0.1, 0.15) is 29.0 Å². The van der Waals surface area contributed by atoms with Crippen LogP contribution in [-0.4, -0.2) is 0 Å². The van der Waals surface area contributed by atoms with Gasteiger partial charge in [-0.15, -0.1) is 11.3 Å². The summed E-state index contributed by atoms with van der Waals surface area (Å²) in [6.45, 7) is 6.42. The fourth-order valence-electron chi connectivity index (χ4n) is 1.96. The van der Waals surface area contributed by atoms with Crippen LogP contribution in [0.15, 0.2) is 32.5 Å². The van der Waals surface area contributed by atoms with E-state index in [0.717, 1.165) is 0 Å². The van der Waals surface area contributed by atoms with Gasteiger partial charge in [-0.25, -0.2) is 0 Å². The molecule has 1 nitrogen and oxygen atoms in total. The predicted octanol–water partition coefficient (Wildman–Crippen LogP) is 6.06. The van der Waals surface area contributed by atoms with Crippen molar-refractivity contribution in [1.82, 2.24) is 0 Å². The maximum Gasteiger partial charge on any atom is 0.0589 e. The lowest BCUT2D eigenvalue weighted by Gasteiger charge is -2.16. The molecule has 1 N–H and O–H groups in total. The lowest BCUT2D eigenvalue weighted by Crippen LogP contribution is -2.06. The summed E-state index contributed by atoms with van der Waals surface area (Å²) in [6, 6.07) is 6.75. The van der Waals surface area contributed by atoms with Crippen LogP contribution in [0.3, 0.4) is 0 Å². The molecule has 0 spiro atoms. The van der Waals surface area contributed by atoms with Gasteiger partial charge in [0.15, 0.2) is 0 Å². The monoisotopic (exact) mass is 387 g/mol. The molecule has 2 aromatic rings. The van der Waals surface area contributed by atoms with Crippen LogP contribution in [-0.2, 0) is 0 Å². The fourth-order valence-corrected chi connectivity index (χ4v) is 3.91. The highest BCUT2D eigenvalue weighted by Gasteiger charge is 2.11. The van der Waals surface area contributed by atoms with Gasteiger partial charge in [0.1, 0.15) is 0 Å². The normalized spacial score (nSPS) is 12.5. The highest BCUT2D eigenvalue weighted by atomic mass is 79.9. The molecule has 0 bridgehead atoms. The third-order valence-electron chi connectivity index (χ3n) is 2.86. The van der Waals surface area contributed by atoms with Crippen LogP contribution in [0, 0.1) is 13.8 Å². The Hall–Kier alpha value is -0.320. The summed E-state index contributed by atoms with van der Waals surface area (Å²) in [5.74, 6) is 0. The second kappa shape index (κ2) is 5.76. The SMILES string of the molecule is Cc1cc(NC(C)c2sccc2Br)cc(C)c1Br. The highest BCUT2D eigenvalue weighted by Crippen LogP contribution is 2.32. The molecule has 4 heteroatoms. The summed E-state index contributed by atoms with van der Waals surface area (Å²) < 4.78 is 2.37. The fraction of sp³-hybridized carbons (Fsp3) is 0.286. The Kier molecular flexibility index (Phi) is 4.51. The van der Waals surface area contributed by atoms with Crippen LogP contribution in [0.5, 0.6) is 0 Å². The molecule has 0 aliphatic carbocycles. The third-order valence-corrected chi connectivity index (χ3v) is 6.16. The lowest BCUT2D eigenvalue weighted by molar-refractivity contribution is 0.902. The standard InChI is InChI=1S/C14H15Br2NS/c1-8-6-11(7-9(2)13(8)16)17-10(3)14-12(15)4-5-18-14/h4-7,10,17H,1-3H3. The van der Waals surface area contributed by atoms with E-state index in [4.69, 9.17) is 0 Å². The molecule has 1 heterocycles. The average Bonchev–Trinajstić information content (AvgIpc) is 2.72. The van der Waals surface area contributed by atoms with E-state index < -0.39 is 0 Å². The zero-order chi connectivity index (χ0) is 13.3. The Morgan fingerprint density at radius 3 is 2.28 bits per heavy atom. The van der Waals surface area contributed by atoms with E-state index in [9.17, 15) is 0 Å². The van der Waals surface area contributed by atoms with Crippen molar-refractivity contribution in [2.24, 2.45) is 0 Å². The Morgan fingerprint density at radius 2 is 1.78 bits per heavy atom. The van der Waals surface area contributed by atoms with Gasteiger partial charge in [-0.2, -0.15) is 0 Å². The van der Waals surface area contributed by atoms with Crippen LogP contribution in [0.25, 0.3) is 0 Å². The maximum absolute atomic E-state index is 3.60. The van der Waals surface area contributed by atoms with Gasteiger partial charge in [0.05, 0.1) is 6.04 Å². The molecule has 0 aliphatic rings. The van der Waals surface area contributed by atoms with Gasteiger partial charge < -0.3 is 5.32 Å². The number of hydrogen-bond donors (Lipinski definition) is 1. The molecule has 0 saturated carbocycles. The topological polar surface area (TPSA) is 12.0 Å². The summed E-state index contributed by atoms with van der Waals surface area (Å²) in [5.41, 5.74) is 3.69. The smallest absolute Gasteiger partial charge is 0.0589 e. The van der Waals surface area contributed by atoms with Gasteiger partial charge >= 0.3 is 0 Å². The van der Waals surface area contributed by atoms with Crippen LogP contribution >= 0.6 is 43.2 Å². The number of hydrogen-bond acceptors (Lipinski definition) is 2. The minimum atomic E-state index is 0.305. The Balaban J connectivity index is 2.22. The highest BCUT2D eigenvalue weighted by molar-refractivity contribution is 9.10. The van der Waals surface area contributed by atoms with Crippen molar-refractivity contribution in [3.8, 4) is 0 Å². The summed E-state index contributed by atoms with van der Waals surface area (Å²) in [5, 5.41) is 5.66. The number of anilines is 1. The number of benzene rings is 1. The van der Waals surface area contributed by atoms with E-state index in [1.165, 1.54) is 30.6 Å². The largest absolute Gasteiger partial charge is 0.378 e. The quantitative estimate of drug-likeness (QED) is 0.673. The van der Waals surface area contributed by atoms with Crippen molar-refractivity contribution < 1.29 is 0 Å². The predicted molar refractivity (Wildman–Crippen MR) is 87.7 cm³/mol. The molecule has 18 heavy (non-hydrogen) atoms. The minimum absolute atomic E-state index is 0.305. The van der Waals surface area contributed by atoms with E-state index in [-0.39, 0.29) is 0 Å². The van der Waals surface area contributed by atoms with Crippen LogP contribution < -0.4 is 5.32 Å². The molecule has 1 unspecified atom stereocenters. The molecular weight excluding hydrogens is 374 g/mol. The Labute approximate surface area is 129 Å². The second-order valence-electron chi connectivity index (χ2n) is 4.42. The molecular formula is C14H15Br2NS. The molecule has 0 aliphatic heterocycles. The number of nitrogens with one attached hydrogen (secondary N) is 1. The van der Waals surface area contributed by atoms with Gasteiger partial charge in [0.2, 0.25) is 0 Å². The maximum atomic E-state index is 3.60. The summed E-state index contributed by atoms with van der Waals surface area (Å²) >= 11 is 8.95. The average molecular weight is 389 g/mol. The van der Waals surface area contributed by atoms with Crippen molar-refractivity contribution in [3.63, 3.8) is 0 Å². The van der Waals surface area contributed by atoms with Crippen LogP contribution in [0.4, 0.5) is 5.69 Å². The van der Waals surface area contributed by atoms with Crippen molar-refractivity contribution in [1.29, 1.82) is 0 Å². The van der Waals surface area contributed by atoms with E-state index in [2.05, 4.69) is 81.5 Å². The zero-order valence-corrected chi connectivity index (χ0v) is 14.5. The number of thiophene rings is 1. The summed E-state index contributed by atoms with van der Waals surface area (Å²) in [7, 11) is 0. The molecule has 0 amide bonds. The first-order valence-corrected chi connectivity index (χ1v) is 8.21. The summed E-state index contributed by atoms with van der Waals surface area (Å²) in [6.07, 6.45) is 0. The van der Waals surface area contributed by atoms with E-state index in [1.54, 1.807) is 11.3 Å². The lowest BCUT2D eigenvalue weighted by atomic mass is 10.1. The van der Waals surface area contributed by atoms with E-state index in [1.807, 2.05) is 0 Å². The van der Waals surface area contributed by atoms with E-state index in [0.29, 0.717) is 6.04 Å². The first-order valence-electron chi connectivity index (χ1n) is 5.75. The number of aryl methyl sites for hydroxylation is 2. The molecule has 2 rings (SSSR count). The van der Waals surface area contributed by atoms with Gasteiger partial charge in [-0.1, -0.05) is 15.9 Å². The molecule has 1 aromatic carbocycles. The molecule has 0 fully saturated rings. The molecule has 1 atom stereocenters. The van der Waals surface area contributed by atoms with Gasteiger partial charge in [0, 0.05) is 19.5 Å². The van der Waals surface area contributed by atoms with Crippen LogP contribution in [0.2, 0.25) is 0 Å². The van der Waals surface area contributed by atoms with Crippen molar-refractivity contribution in [3.05, 3.63) is 48.5 Å². The zero-order valence-electron chi connectivity index (χ0n) is 10.6. The third kappa shape index (κ3) is 2.98. The molecule has 0 saturated heterocycles.